The van der Waals surface area contributed by atoms with Crippen LogP contribution in [0.1, 0.15) is 91.7 Å². The van der Waals surface area contributed by atoms with Gasteiger partial charge in [-0.05, 0) is 85.4 Å². The van der Waals surface area contributed by atoms with Crippen molar-refractivity contribution in [3.05, 3.63) is 63.7 Å². The van der Waals surface area contributed by atoms with E-state index in [1.165, 1.54) is 97.6 Å². The van der Waals surface area contributed by atoms with E-state index >= 15 is 0 Å². The molecule has 0 saturated carbocycles. The Hall–Kier alpha value is -1.82. The summed E-state index contributed by atoms with van der Waals surface area (Å²) in [6.45, 7) is 9.10. The first-order chi connectivity index (χ1) is 13.6. The van der Waals surface area contributed by atoms with Crippen LogP contribution in [0, 0.1) is 20.8 Å². The molecule has 150 valence electrons. The number of rotatable bonds is 9. The second-order valence-electron chi connectivity index (χ2n) is 8.75. The lowest BCUT2D eigenvalue weighted by Gasteiger charge is -2.22. The van der Waals surface area contributed by atoms with Crippen LogP contribution in [0.25, 0.3) is 17.2 Å². The van der Waals surface area contributed by atoms with Crippen LogP contribution in [0.3, 0.4) is 0 Å². The molecule has 0 amide bonds. The van der Waals surface area contributed by atoms with Crippen molar-refractivity contribution in [1.29, 1.82) is 0 Å². The van der Waals surface area contributed by atoms with Crippen LogP contribution >= 0.6 is 0 Å². The van der Waals surface area contributed by atoms with E-state index in [0.717, 1.165) is 0 Å². The summed E-state index contributed by atoms with van der Waals surface area (Å²) in [6.07, 6.45) is 17.9. The molecule has 0 radical (unpaired) electrons. The normalized spacial score (nSPS) is 13.0. The van der Waals surface area contributed by atoms with Crippen molar-refractivity contribution < 1.29 is 0 Å². The highest BCUT2D eigenvalue weighted by Gasteiger charge is 2.17. The van der Waals surface area contributed by atoms with E-state index in [0.29, 0.717) is 0 Å². The molecule has 0 atom stereocenters. The number of hydrogen-bond acceptors (Lipinski definition) is 0. The average molecular weight is 375 g/mol. The fourth-order valence-corrected chi connectivity index (χ4v) is 4.86. The Labute approximate surface area is 173 Å². The lowest BCUT2D eigenvalue weighted by Crippen LogP contribution is -2.03. The number of allylic oxidation sites excluding steroid dienone is 1. The summed E-state index contributed by atoms with van der Waals surface area (Å²) >= 11 is 0. The number of unbranched alkanes of at least 4 members (excludes halogenated alkanes) is 6. The van der Waals surface area contributed by atoms with Gasteiger partial charge >= 0.3 is 0 Å². The molecular weight excluding hydrogens is 336 g/mol. The molecule has 0 aromatic heterocycles. The highest BCUT2D eigenvalue weighted by Crippen LogP contribution is 2.37. The Kier molecular flexibility index (Phi) is 7.54. The zero-order valence-corrected chi connectivity index (χ0v) is 18.5. The van der Waals surface area contributed by atoms with Crippen molar-refractivity contribution in [2.24, 2.45) is 0 Å². The minimum Gasteiger partial charge on any atom is -0.0836 e. The first-order valence-electron chi connectivity index (χ1n) is 11.5. The van der Waals surface area contributed by atoms with Crippen molar-refractivity contribution in [1.82, 2.24) is 0 Å². The molecule has 0 saturated heterocycles. The molecule has 0 heterocycles. The SMILES string of the molecule is CCCCCCCCCc1cc(C)cc(C)c1-c1ccc(C)c2c1CCC=C2. The second kappa shape index (κ2) is 10.1. The Balaban J connectivity index is 1.83. The molecule has 3 rings (SSSR count). The summed E-state index contributed by atoms with van der Waals surface area (Å²) in [5, 5.41) is 0. The minimum absolute atomic E-state index is 1.17. The predicted octanol–water partition coefficient (Wildman–Crippen LogP) is 8.53. The summed E-state index contributed by atoms with van der Waals surface area (Å²) < 4.78 is 0. The van der Waals surface area contributed by atoms with Gasteiger partial charge < -0.3 is 0 Å². The third-order valence-electron chi connectivity index (χ3n) is 6.30. The standard InChI is InChI=1S/C28H38/c1-5-6-7-8-9-10-11-14-24-20-21(2)19-23(4)28(24)27-18-17-22(3)25-15-12-13-16-26(25)27/h12,15,17-20H,5-11,13-14,16H2,1-4H3. The number of fused-ring (bicyclic) bond motifs is 1. The summed E-state index contributed by atoms with van der Waals surface area (Å²) in [5.74, 6) is 0. The highest BCUT2D eigenvalue weighted by molar-refractivity contribution is 5.79. The first kappa shape index (κ1) is 20.9. The monoisotopic (exact) mass is 374 g/mol. The van der Waals surface area contributed by atoms with E-state index in [1.54, 1.807) is 11.1 Å². The maximum Gasteiger partial charge on any atom is -0.0119 e. The van der Waals surface area contributed by atoms with E-state index in [9.17, 15) is 0 Å². The molecule has 1 aliphatic rings. The van der Waals surface area contributed by atoms with Crippen LogP contribution in [0.5, 0.6) is 0 Å². The summed E-state index contributed by atoms with van der Waals surface area (Å²) in [7, 11) is 0. The maximum atomic E-state index is 2.45. The lowest BCUT2D eigenvalue weighted by molar-refractivity contribution is 0.589. The zero-order valence-electron chi connectivity index (χ0n) is 18.5. The van der Waals surface area contributed by atoms with Crippen molar-refractivity contribution in [3.8, 4) is 11.1 Å². The van der Waals surface area contributed by atoms with Gasteiger partial charge in [-0.2, -0.15) is 0 Å². The molecule has 0 N–H and O–H groups in total. The molecule has 0 nitrogen and oxygen atoms in total. The number of hydrogen-bond donors (Lipinski definition) is 0. The predicted molar refractivity (Wildman–Crippen MR) is 125 cm³/mol. The van der Waals surface area contributed by atoms with Gasteiger partial charge in [-0.25, -0.2) is 0 Å². The van der Waals surface area contributed by atoms with Gasteiger partial charge in [0.15, 0.2) is 0 Å². The van der Waals surface area contributed by atoms with E-state index in [1.807, 2.05) is 0 Å². The van der Waals surface area contributed by atoms with Gasteiger partial charge in [-0.1, -0.05) is 87.4 Å². The van der Waals surface area contributed by atoms with Gasteiger partial charge in [-0.15, -0.1) is 0 Å². The van der Waals surface area contributed by atoms with Gasteiger partial charge in [0.25, 0.3) is 0 Å². The fourth-order valence-electron chi connectivity index (χ4n) is 4.86. The minimum atomic E-state index is 1.17. The topological polar surface area (TPSA) is 0 Å². The van der Waals surface area contributed by atoms with Crippen LogP contribution < -0.4 is 0 Å². The fraction of sp³-hybridized carbons (Fsp3) is 0.500. The molecule has 0 fully saturated rings. The largest absolute Gasteiger partial charge is 0.0836 e. The Bertz CT molecular complexity index is 822. The second-order valence-corrected chi connectivity index (χ2v) is 8.75. The third kappa shape index (κ3) is 4.96. The Morgan fingerprint density at radius 1 is 0.821 bits per heavy atom. The zero-order chi connectivity index (χ0) is 19.9. The molecule has 1 aliphatic carbocycles. The maximum absolute atomic E-state index is 2.45. The molecule has 0 unspecified atom stereocenters. The van der Waals surface area contributed by atoms with E-state index in [4.69, 9.17) is 0 Å². The van der Waals surface area contributed by atoms with Crippen molar-refractivity contribution in [3.63, 3.8) is 0 Å². The smallest absolute Gasteiger partial charge is 0.0119 e. The Morgan fingerprint density at radius 2 is 1.57 bits per heavy atom. The van der Waals surface area contributed by atoms with Crippen molar-refractivity contribution in [2.75, 3.05) is 0 Å². The van der Waals surface area contributed by atoms with E-state index in [-0.39, 0.29) is 0 Å². The van der Waals surface area contributed by atoms with E-state index in [2.05, 4.69) is 64.1 Å². The Morgan fingerprint density at radius 3 is 2.36 bits per heavy atom. The molecule has 0 bridgehead atoms. The molecule has 0 aliphatic heterocycles. The average Bonchev–Trinajstić information content (AvgIpc) is 2.68. The summed E-state index contributed by atoms with van der Waals surface area (Å²) in [6, 6.07) is 9.53. The molecular formula is C28H38. The van der Waals surface area contributed by atoms with Crippen LogP contribution in [0.4, 0.5) is 0 Å². The van der Waals surface area contributed by atoms with Crippen LogP contribution in [0.15, 0.2) is 30.3 Å². The van der Waals surface area contributed by atoms with Gasteiger partial charge in [0.2, 0.25) is 0 Å². The summed E-state index contributed by atoms with van der Waals surface area (Å²) in [4.78, 5) is 0. The molecule has 0 spiro atoms. The van der Waals surface area contributed by atoms with Crippen molar-refractivity contribution >= 4 is 6.08 Å². The highest BCUT2D eigenvalue weighted by atomic mass is 14.2. The van der Waals surface area contributed by atoms with Gasteiger partial charge in [0, 0.05) is 0 Å². The van der Waals surface area contributed by atoms with Crippen molar-refractivity contribution in [2.45, 2.75) is 91.9 Å². The van der Waals surface area contributed by atoms with Gasteiger partial charge in [0.05, 0.1) is 0 Å². The van der Waals surface area contributed by atoms with Gasteiger partial charge in [-0.3, -0.25) is 0 Å². The molecule has 2 aromatic carbocycles. The van der Waals surface area contributed by atoms with Gasteiger partial charge in [0.1, 0.15) is 0 Å². The quantitative estimate of drug-likeness (QED) is 0.386. The van der Waals surface area contributed by atoms with Crippen LogP contribution in [-0.4, -0.2) is 0 Å². The third-order valence-corrected chi connectivity index (χ3v) is 6.30. The number of benzene rings is 2. The lowest BCUT2D eigenvalue weighted by atomic mass is 9.82. The first-order valence-corrected chi connectivity index (χ1v) is 11.5. The van der Waals surface area contributed by atoms with Crippen LogP contribution in [-0.2, 0) is 12.8 Å². The van der Waals surface area contributed by atoms with E-state index < -0.39 is 0 Å². The number of aryl methyl sites for hydroxylation is 4. The molecule has 2 aromatic rings. The molecule has 28 heavy (non-hydrogen) atoms. The summed E-state index contributed by atoms with van der Waals surface area (Å²) in [5.41, 5.74) is 11.8. The molecule has 0 heteroatoms. The van der Waals surface area contributed by atoms with Crippen LogP contribution in [0.2, 0.25) is 0 Å².